The fourth-order valence-electron chi connectivity index (χ4n) is 3.11. The highest BCUT2D eigenvalue weighted by Crippen LogP contribution is 2.31. The Bertz CT molecular complexity index is 794. The average molecular weight is 354 g/mol. The standard InChI is InChI=1S/C19H18N2O3S/c22-17-9-10-18(23)21(17)15-5-3-13(4-6-15)19(24)20(14-7-8-14)12-16-2-1-11-25-16/h1-6,11,14H,7-10,12H2. The Labute approximate surface area is 149 Å². The van der Waals surface area contributed by atoms with Gasteiger partial charge in [0, 0.05) is 29.3 Å². The summed E-state index contributed by atoms with van der Waals surface area (Å²) >= 11 is 1.65. The van der Waals surface area contributed by atoms with E-state index >= 15 is 0 Å². The molecule has 1 saturated carbocycles. The number of nitrogens with zero attached hydrogens (tertiary/aromatic N) is 2. The molecule has 4 rings (SSSR count). The van der Waals surface area contributed by atoms with Gasteiger partial charge in [-0.3, -0.25) is 19.3 Å². The molecule has 1 aromatic heterocycles. The van der Waals surface area contributed by atoms with E-state index in [1.165, 1.54) is 9.78 Å². The number of hydrogen-bond donors (Lipinski definition) is 0. The summed E-state index contributed by atoms with van der Waals surface area (Å²) in [7, 11) is 0. The van der Waals surface area contributed by atoms with Crippen LogP contribution in [0.25, 0.3) is 0 Å². The van der Waals surface area contributed by atoms with Crippen molar-refractivity contribution in [3.05, 3.63) is 52.2 Å². The summed E-state index contributed by atoms with van der Waals surface area (Å²) in [4.78, 5) is 40.8. The number of benzene rings is 1. The summed E-state index contributed by atoms with van der Waals surface area (Å²) in [6.07, 6.45) is 2.61. The lowest BCUT2D eigenvalue weighted by Gasteiger charge is -2.22. The molecule has 0 radical (unpaired) electrons. The topological polar surface area (TPSA) is 57.7 Å². The summed E-state index contributed by atoms with van der Waals surface area (Å²) in [5, 5.41) is 2.02. The number of imide groups is 1. The van der Waals surface area contributed by atoms with Crippen molar-refractivity contribution in [1.29, 1.82) is 0 Å². The largest absolute Gasteiger partial charge is 0.331 e. The molecular weight excluding hydrogens is 336 g/mol. The monoisotopic (exact) mass is 354 g/mol. The van der Waals surface area contributed by atoms with Gasteiger partial charge in [0.15, 0.2) is 0 Å². The van der Waals surface area contributed by atoms with Gasteiger partial charge in [-0.2, -0.15) is 0 Å². The maximum atomic E-state index is 12.9. The van der Waals surface area contributed by atoms with E-state index in [4.69, 9.17) is 0 Å². The minimum atomic E-state index is -0.179. The maximum absolute atomic E-state index is 12.9. The van der Waals surface area contributed by atoms with Crippen LogP contribution in [0.2, 0.25) is 0 Å². The number of carbonyl (C=O) groups is 3. The highest BCUT2D eigenvalue weighted by atomic mass is 32.1. The summed E-state index contributed by atoms with van der Waals surface area (Å²) in [5.74, 6) is -0.357. The molecule has 128 valence electrons. The fourth-order valence-corrected chi connectivity index (χ4v) is 3.81. The fraction of sp³-hybridized carbons (Fsp3) is 0.316. The number of amides is 3. The zero-order valence-electron chi connectivity index (χ0n) is 13.7. The SMILES string of the molecule is O=C1CCC(=O)N1c1ccc(C(=O)N(Cc2cccs2)C2CC2)cc1. The third-order valence-electron chi connectivity index (χ3n) is 4.58. The molecule has 1 aliphatic heterocycles. The number of anilines is 1. The zero-order chi connectivity index (χ0) is 17.4. The van der Waals surface area contributed by atoms with Crippen LogP contribution in [-0.4, -0.2) is 28.7 Å². The number of rotatable bonds is 5. The van der Waals surface area contributed by atoms with Crippen LogP contribution in [0.4, 0.5) is 5.69 Å². The molecule has 1 aliphatic carbocycles. The summed E-state index contributed by atoms with van der Waals surface area (Å²) < 4.78 is 0. The van der Waals surface area contributed by atoms with Gasteiger partial charge in [0.2, 0.25) is 11.8 Å². The third kappa shape index (κ3) is 3.22. The van der Waals surface area contributed by atoms with Gasteiger partial charge in [0.1, 0.15) is 0 Å². The van der Waals surface area contributed by atoms with Crippen LogP contribution >= 0.6 is 11.3 Å². The van der Waals surface area contributed by atoms with Crippen LogP contribution < -0.4 is 4.90 Å². The first kappa shape index (κ1) is 16.0. The molecule has 2 heterocycles. The summed E-state index contributed by atoms with van der Waals surface area (Å²) in [6, 6.07) is 11.1. The van der Waals surface area contributed by atoms with E-state index in [2.05, 4.69) is 0 Å². The number of thiophene rings is 1. The van der Waals surface area contributed by atoms with Gasteiger partial charge in [-0.05, 0) is 48.6 Å². The zero-order valence-corrected chi connectivity index (χ0v) is 14.5. The van der Waals surface area contributed by atoms with Crippen LogP contribution in [0.1, 0.15) is 40.9 Å². The highest BCUT2D eigenvalue weighted by molar-refractivity contribution is 7.09. The van der Waals surface area contributed by atoms with Crippen LogP contribution in [0.15, 0.2) is 41.8 Å². The van der Waals surface area contributed by atoms with Crippen molar-refractivity contribution >= 4 is 34.7 Å². The molecule has 2 aliphatic rings. The van der Waals surface area contributed by atoms with Crippen molar-refractivity contribution in [1.82, 2.24) is 4.90 Å². The molecule has 25 heavy (non-hydrogen) atoms. The maximum Gasteiger partial charge on any atom is 0.254 e. The van der Waals surface area contributed by atoms with Gasteiger partial charge in [0.25, 0.3) is 5.91 Å². The van der Waals surface area contributed by atoms with Crippen LogP contribution in [0.5, 0.6) is 0 Å². The lowest BCUT2D eigenvalue weighted by Crippen LogP contribution is -2.32. The van der Waals surface area contributed by atoms with E-state index in [0.29, 0.717) is 23.8 Å². The molecule has 0 unspecified atom stereocenters. The van der Waals surface area contributed by atoms with E-state index in [-0.39, 0.29) is 30.6 Å². The molecular formula is C19H18N2O3S. The van der Waals surface area contributed by atoms with E-state index in [1.54, 1.807) is 35.6 Å². The van der Waals surface area contributed by atoms with Gasteiger partial charge in [-0.15, -0.1) is 11.3 Å². The predicted octanol–water partition coefficient (Wildman–Crippen LogP) is 3.21. The van der Waals surface area contributed by atoms with E-state index in [9.17, 15) is 14.4 Å². The molecule has 0 spiro atoms. The van der Waals surface area contributed by atoms with Crippen molar-refractivity contribution in [2.24, 2.45) is 0 Å². The lowest BCUT2D eigenvalue weighted by atomic mass is 10.1. The molecule has 5 nitrogen and oxygen atoms in total. The smallest absolute Gasteiger partial charge is 0.254 e. The molecule has 1 saturated heterocycles. The minimum absolute atomic E-state index is 0.00141. The Balaban J connectivity index is 1.53. The first-order valence-electron chi connectivity index (χ1n) is 8.42. The average Bonchev–Trinajstić information content (AvgIpc) is 3.23. The predicted molar refractivity (Wildman–Crippen MR) is 95.4 cm³/mol. The second kappa shape index (κ2) is 6.44. The number of hydrogen-bond acceptors (Lipinski definition) is 4. The molecule has 2 aromatic rings. The van der Waals surface area contributed by atoms with Gasteiger partial charge < -0.3 is 4.90 Å². The Morgan fingerprint density at radius 1 is 1.08 bits per heavy atom. The third-order valence-corrected chi connectivity index (χ3v) is 5.44. The molecule has 0 atom stereocenters. The molecule has 1 aromatic carbocycles. The Kier molecular flexibility index (Phi) is 4.13. The Hall–Kier alpha value is -2.47. The molecule has 6 heteroatoms. The van der Waals surface area contributed by atoms with Gasteiger partial charge in [-0.25, -0.2) is 0 Å². The lowest BCUT2D eigenvalue weighted by molar-refractivity contribution is -0.121. The van der Waals surface area contributed by atoms with Crippen LogP contribution in [0.3, 0.4) is 0 Å². The van der Waals surface area contributed by atoms with Crippen molar-refractivity contribution in [3.8, 4) is 0 Å². The molecule has 0 N–H and O–H groups in total. The van der Waals surface area contributed by atoms with Gasteiger partial charge in [0.05, 0.1) is 12.2 Å². The second-order valence-electron chi connectivity index (χ2n) is 6.41. The number of carbonyl (C=O) groups excluding carboxylic acids is 3. The summed E-state index contributed by atoms with van der Waals surface area (Å²) in [6.45, 7) is 0.631. The van der Waals surface area contributed by atoms with Crippen LogP contribution in [0, 0.1) is 0 Å². The van der Waals surface area contributed by atoms with Crippen molar-refractivity contribution in [3.63, 3.8) is 0 Å². The van der Waals surface area contributed by atoms with E-state index < -0.39 is 0 Å². The first-order valence-corrected chi connectivity index (χ1v) is 9.30. The van der Waals surface area contributed by atoms with Gasteiger partial charge in [-0.1, -0.05) is 6.07 Å². The quantitative estimate of drug-likeness (QED) is 0.775. The second-order valence-corrected chi connectivity index (χ2v) is 7.45. The van der Waals surface area contributed by atoms with Gasteiger partial charge >= 0.3 is 0 Å². The minimum Gasteiger partial charge on any atom is -0.331 e. The Morgan fingerprint density at radius 2 is 1.76 bits per heavy atom. The highest BCUT2D eigenvalue weighted by Gasteiger charge is 2.34. The van der Waals surface area contributed by atoms with Crippen molar-refractivity contribution in [2.45, 2.75) is 38.3 Å². The Morgan fingerprint density at radius 3 is 2.32 bits per heavy atom. The first-order chi connectivity index (χ1) is 12.1. The van der Waals surface area contributed by atoms with E-state index in [1.807, 2.05) is 22.4 Å². The molecule has 3 amide bonds. The van der Waals surface area contributed by atoms with Crippen molar-refractivity contribution in [2.75, 3.05) is 4.90 Å². The summed E-state index contributed by atoms with van der Waals surface area (Å²) in [5.41, 5.74) is 1.13. The van der Waals surface area contributed by atoms with Crippen molar-refractivity contribution < 1.29 is 14.4 Å². The van der Waals surface area contributed by atoms with E-state index in [0.717, 1.165) is 12.8 Å². The van der Waals surface area contributed by atoms with Crippen LogP contribution in [-0.2, 0) is 16.1 Å². The molecule has 0 bridgehead atoms. The normalized spacial score (nSPS) is 17.2. The molecule has 2 fully saturated rings.